The molecule has 1 aromatic rings. The maximum atomic E-state index is 11.4. The summed E-state index contributed by atoms with van der Waals surface area (Å²) in [6, 6.07) is 2.47. The smallest absolute Gasteiger partial charge is 0.327 e. The van der Waals surface area contributed by atoms with Crippen molar-refractivity contribution < 1.29 is 19.0 Å². The SMILES string of the molecule is COC(=O)[C@H](N)c1cc(OC)c(OC)cc1Br.Cl. The summed E-state index contributed by atoms with van der Waals surface area (Å²) in [5, 5.41) is 0. The second kappa shape index (κ2) is 7.45. The third kappa shape index (κ3) is 3.51. The van der Waals surface area contributed by atoms with Gasteiger partial charge in [0, 0.05) is 4.47 Å². The van der Waals surface area contributed by atoms with Crippen LogP contribution in [0.4, 0.5) is 0 Å². The van der Waals surface area contributed by atoms with Gasteiger partial charge in [-0.1, -0.05) is 15.9 Å². The first-order valence-corrected chi connectivity index (χ1v) is 5.59. The minimum atomic E-state index is -0.866. The summed E-state index contributed by atoms with van der Waals surface area (Å²) in [4.78, 5) is 11.4. The normalized spacial score (nSPS) is 11.2. The highest BCUT2D eigenvalue weighted by atomic mass is 79.9. The Labute approximate surface area is 120 Å². The van der Waals surface area contributed by atoms with Gasteiger partial charge in [0.05, 0.1) is 21.3 Å². The predicted molar refractivity (Wildman–Crippen MR) is 73.4 cm³/mol. The molecule has 0 saturated heterocycles. The van der Waals surface area contributed by atoms with Crippen LogP contribution in [0, 0.1) is 0 Å². The van der Waals surface area contributed by atoms with Crippen LogP contribution in [0.25, 0.3) is 0 Å². The number of carbonyl (C=O) groups is 1. The number of nitrogens with two attached hydrogens (primary N) is 1. The first-order chi connectivity index (χ1) is 8.04. The molecular weight excluding hydrogens is 325 g/mol. The summed E-state index contributed by atoms with van der Waals surface area (Å²) in [7, 11) is 4.33. The van der Waals surface area contributed by atoms with Gasteiger partial charge in [-0.05, 0) is 17.7 Å². The molecule has 0 amide bonds. The van der Waals surface area contributed by atoms with Crippen LogP contribution < -0.4 is 15.2 Å². The Balaban J connectivity index is 0.00000289. The number of rotatable bonds is 4. The van der Waals surface area contributed by atoms with E-state index >= 15 is 0 Å². The zero-order chi connectivity index (χ0) is 13.0. The molecule has 1 atom stereocenters. The standard InChI is InChI=1S/C11H14BrNO4.ClH/c1-15-8-4-6(10(13)11(14)17-3)7(12)5-9(8)16-2;/h4-5,10H,13H2,1-3H3;1H/t10-;/m1./s1. The molecule has 0 spiro atoms. The number of esters is 1. The van der Waals surface area contributed by atoms with Gasteiger partial charge in [-0.2, -0.15) is 0 Å². The van der Waals surface area contributed by atoms with E-state index in [-0.39, 0.29) is 12.4 Å². The molecule has 0 aliphatic rings. The topological polar surface area (TPSA) is 70.8 Å². The van der Waals surface area contributed by atoms with Crippen LogP contribution in [0.1, 0.15) is 11.6 Å². The van der Waals surface area contributed by atoms with Gasteiger partial charge < -0.3 is 19.9 Å². The van der Waals surface area contributed by atoms with Crippen molar-refractivity contribution in [1.82, 2.24) is 0 Å². The van der Waals surface area contributed by atoms with Crippen LogP contribution in [0.5, 0.6) is 11.5 Å². The highest BCUT2D eigenvalue weighted by Crippen LogP contribution is 2.35. The maximum Gasteiger partial charge on any atom is 0.327 e. The molecule has 0 unspecified atom stereocenters. The van der Waals surface area contributed by atoms with E-state index in [2.05, 4.69) is 20.7 Å². The molecule has 0 aliphatic carbocycles. The number of halogens is 2. The van der Waals surface area contributed by atoms with Gasteiger partial charge in [0.2, 0.25) is 0 Å². The summed E-state index contributed by atoms with van der Waals surface area (Å²) in [6.45, 7) is 0. The van der Waals surface area contributed by atoms with Crippen LogP contribution >= 0.6 is 28.3 Å². The van der Waals surface area contributed by atoms with Gasteiger partial charge in [-0.25, -0.2) is 0 Å². The minimum absolute atomic E-state index is 0. The Kier molecular flexibility index (Phi) is 7.05. The molecule has 7 heteroatoms. The molecule has 0 radical (unpaired) electrons. The zero-order valence-electron chi connectivity index (χ0n) is 10.2. The molecule has 0 fully saturated rings. The lowest BCUT2D eigenvalue weighted by Crippen LogP contribution is -2.23. The summed E-state index contributed by atoms with van der Waals surface area (Å²) in [5.41, 5.74) is 6.34. The van der Waals surface area contributed by atoms with E-state index < -0.39 is 12.0 Å². The van der Waals surface area contributed by atoms with Crippen LogP contribution in [-0.4, -0.2) is 27.3 Å². The number of methoxy groups -OCH3 is 3. The fourth-order valence-corrected chi connectivity index (χ4v) is 1.93. The Morgan fingerprint density at radius 3 is 2.17 bits per heavy atom. The van der Waals surface area contributed by atoms with Gasteiger partial charge in [0.1, 0.15) is 6.04 Å². The van der Waals surface area contributed by atoms with Crippen molar-refractivity contribution in [3.05, 3.63) is 22.2 Å². The second-order valence-electron chi connectivity index (χ2n) is 3.23. The van der Waals surface area contributed by atoms with Crippen LogP contribution in [0.15, 0.2) is 16.6 Å². The van der Waals surface area contributed by atoms with Crippen molar-refractivity contribution >= 4 is 34.3 Å². The molecule has 0 heterocycles. The highest BCUT2D eigenvalue weighted by molar-refractivity contribution is 9.10. The zero-order valence-corrected chi connectivity index (χ0v) is 12.6. The van der Waals surface area contributed by atoms with Gasteiger partial charge in [0.15, 0.2) is 11.5 Å². The van der Waals surface area contributed by atoms with Crippen molar-refractivity contribution in [2.75, 3.05) is 21.3 Å². The minimum Gasteiger partial charge on any atom is -0.493 e. The Hall–Kier alpha value is -0.980. The molecule has 0 aliphatic heterocycles. The first-order valence-electron chi connectivity index (χ1n) is 4.80. The van der Waals surface area contributed by atoms with Gasteiger partial charge in [-0.15, -0.1) is 12.4 Å². The largest absolute Gasteiger partial charge is 0.493 e. The predicted octanol–water partition coefficient (Wildman–Crippen LogP) is 2.06. The Morgan fingerprint density at radius 2 is 1.72 bits per heavy atom. The van der Waals surface area contributed by atoms with E-state index in [1.54, 1.807) is 12.1 Å². The van der Waals surface area contributed by atoms with Gasteiger partial charge in [0.25, 0.3) is 0 Å². The third-order valence-electron chi connectivity index (χ3n) is 2.29. The van der Waals surface area contributed by atoms with Crippen molar-refractivity contribution in [1.29, 1.82) is 0 Å². The molecule has 1 aromatic carbocycles. The molecule has 102 valence electrons. The number of hydrogen-bond acceptors (Lipinski definition) is 5. The first kappa shape index (κ1) is 17.0. The monoisotopic (exact) mass is 339 g/mol. The van der Waals surface area contributed by atoms with E-state index in [9.17, 15) is 4.79 Å². The molecular formula is C11H15BrClNO4. The van der Waals surface area contributed by atoms with Crippen LogP contribution in [0.3, 0.4) is 0 Å². The Morgan fingerprint density at radius 1 is 1.22 bits per heavy atom. The average molecular weight is 341 g/mol. The van der Waals surface area contributed by atoms with E-state index in [1.807, 2.05) is 0 Å². The number of carbonyl (C=O) groups excluding carboxylic acids is 1. The van der Waals surface area contributed by atoms with Crippen molar-refractivity contribution in [2.24, 2.45) is 5.73 Å². The van der Waals surface area contributed by atoms with Crippen LogP contribution in [0.2, 0.25) is 0 Å². The van der Waals surface area contributed by atoms with Crippen molar-refractivity contribution in [3.8, 4) is 11.5 Å². The second-order valence-corrected chi connectivity index (χ2v) is 4.08. The molecule has 1 rings (SSSR count). The third-order valence-corrected chi connectivity index (χ3v) is 2.98. The fourth-order valence-electron chi connectivity index (χ4n) is 1.36. The molecule has 0 saturated carbocycles. The number of benzene rings is 1. The summed E-state index contributed by atoms with van der Waals surface area (Å²) < 4.78 is 15.5. The summed E-state index contributed by atoms with van der Waals surface area (Å²) in [5.74, 6) is 0.545. The van der Waals surface area contributed by atoms with Crippen LogP contribution in [-0.2, 0) is 9.53 Å². The number of ether oxygens (including phenoxy) is 3. The van der Waals surface area contributed by atoms with E-state index in [0.29, 0.717) is 21.5 Å². The van der Waals surface area contributed by atoms with Gasteiger partial charge in [-0.3, -0.25) is 4.79 Å². The van der Waals surface area contributed by atoms with Crippen molar-refractivity contribution in [3.63, 3.8) is 0 Å². The summed E-state index contributed by atoms with van der Waals surface area (Å²) in [6.07, 6.45) is 0. The van der Waals surface area contributed by atoms with E-state index in [1.165, 1.54) is 21.3 Å². The van der Waals surface area contributed by atoms with Crippen molar-refractivity contribution in [2.45, 2.75) is 6.04 Å². The average Bonchev–Trinajstić information content (AvgIpc) is 2.36. The fraction of sp³-hybridized carbons (Fsp3) is 0.364. The number of hydrogen-bond donors (Lipinski definition) is 1. The molecule has 18 heavy (non-hydrogen) atoms. The molecule has 5 nitrogen and oxygen atoms in total. The summed E-state index contributed by atoms with van der Waals surface area (Å²) >= 11 is 3.33. The molecule has 0 bridgehead atoms. The molecule has 0 aromatic heterocycles. The maximum absolute atomic E-state index is 11.4. The Bertz CT molecular complexity index is 428. The lowest BCUT2D eigenvalue weighted by molar-refractivity contribution is -0.142. The quantitative estimate of drug-likeness (QED) is 0.850. The van der Waals surface area contributed by atoms with Gasteiger partial charge >= 0.3 is 5.97 Å². The lowest BCUT2D eigenvalue weighted by Gasteiger charge is -2.15. The lowest BCUT2D eigenvalue weighted by atomic mass is 10.1. The van der Waals surface area contributed by atoms with E-state index in [4.69, 9.17) is 15.2 Å². The van der Waals surface area contributed by atoms with E-state index in [0.717, 1.165) is 0 Å². The highest BCUT2D eigenvalue weighted by Gasteiger charge is 2.21. The molecule has 2 N–H and O–H groups in total.